The maximum atomic E-state index is 11.9. The molecule has 2 amide bonds. The van der Waals surface area contributed by atoms with Crippen LogP contribution >= 0.6 is 0 Å². The Kier molecular flexibility index (Phi) is 5.08. The van der Waals surface area contributed by atoms with Crippen LogP contribution in [-0.2, 0) is 16.6 Å². The molecule has 1 aromatic carbocycles. The number of oxazole rings is 1. The minimum Gasteiger partial charge on any atom is -0.408 e. The van der Waals surface area contributed by atoms with Gasteiger partial charge in [0, 0.05) is 25.3 Å². The number of benzene rings is 1. The number of fused-ring (bicyclic) bond motifs is 1. The van der Waals surface area contributed by atoms with Crippen molar-refractivity contribution in [1.29, 1.82) is 0 Å². The molecule has 0 bridgehead atoms. The predicted molar refractivity (Wildman–Crippen MR) is 88.6 cm³/mol. The number of nitrogens with zero attached hydrogens (tertiary/aromatic N) is 1. The largest absolute Gasteiger partial charge is 0.419 e. The van der Waals surface area contributed by atoms with Gasteiger partial charge < -0.3 is 20.2 Å². The number of carbonyl (C=O) groups is 2. The van der Waals surface area contributed by atoms with Gasteiger partial charge in [-0.15, -0.1) is 0 Å². The molecule has 0 aliphatic carbocycles. The van der Waals surface area contributed by atoms with Crippen molar-refractivity contribution in [3.8, 4) is 0 Å². The molecule has 2 aromatic rings. The summed E-state index contributed by atoms with van der Waals surface area (Å²) < 4.78 is 6.36. The molecule has 130 valence electrons. The van der Waals surface area contributed by atoms with Gasteiger partial charge in [-0.25, -0.2) is 4.79 Å². The number of hydrogen-bond acceptors (Lipinski definition) is 5. The first-order chi connectivity index (χ1) is 11.3. The van der Waals surface area contributed by atoms with Crippen LogP contribution in [0.1, 0.15) is 26.7 Å². The van der Waals surface area contributed by atoms with Gasteiger partial charge in [0.25, 0.3) is 0 Å². The van der Waals surface area contributed by atoms with Crippen LogP contribution in [0.4, 0.5) is 5.69 Å². The smallest absolute Gasteiger partial charge is 0.408 e. The van der Waals surface area contributed by atoms with E-state index in [1.165, 1.54) is 10.6 Å². The molecule has 0 atom stereocenters. The van der Waals surface area contributed by atoms with E-state index in [0.29, 0.717) is 29.6 Å². The van der Waals surface area contributed by atoms with Gasteiger partial charge in [0.15, 0.2) is 5.58 Å². The van der Waals surface area contributed by atoms with E-state index in [1.807, 2.05) is 0 Å². The van der Waals surface area contributed by atoms with E-state index in [4.69, 9.17) is 4.42 Å². The molecule has 2 rings (SSSR count). The van der Waals surface area contributed by atoms with Crippen LogP contribution in [-0.4, -0.2) is 33.6 Å². The van der Waals surface area contributed by atoms with Gasteiger partial charge in [-0.05, 0) is 25.0 Å². The van der Waals surface area contributed by atoms with Crippen molar-refractivity contribution < 1.29 is 19.1 Å². The number of hydrogen-bond donors (Lipinski definition) is 3. The molecule has 0 aliphatic rings. The Morgan fingerprint density at radius 2 is 1.92 bits per heavy atom. The van der Waals surface area contributed by atoms with Crippen molar-refractivity contribution in [3.63, 3.8) is 0 Å². The highest BCUT2D eigenvalue weighted by Gasteiger charge is 2.24. The maximum absolute atomic E-state index is 11.9. The molecule has 0 aliphatic heterocycles. The number of nitrogens with one attached hydrogen (secondary N) is 2. The number of carbonyl (C=O) groups excluding carboxylic acids is 2. The second kappa shape index (κ2) is 6.88. The third-order valence-corrected chi connectivity index (χ3v) is 4.15. The summed E-state index contributed by atoms with van der Waals surface area (Å²) in [6, 6.07) is 4.65. The van der Waals surface area contributed by atoms with Gasteiger partial charge in [0.2, 0.25) is 0 Å². The summed E-state index contributed by atoms with van der Waals surface area (Å²) in [4.78, 5) is 35.2. The van der Waals surface area contributed by atoms with E-state index < -0.39 is 23.2 Å². The van der Waals surface area contributed by atoms with Crippen LogP contribution in [0.15, 0.2) is 27.4 Å². The molecule has 1 aromatic heterocycles. The fourth-order valence-corrected chi connectivity index (χ4v) is 2.22. The van der Waals surface area contributed by atoms with Gasteiger partial charge >= 0.3 is 17.6 Å². The molecule has 0 fully saturated rings. The van der Waals surface area contributed by atoms with Crippen LogP contribution in [0.5, 0.6) is 0 Å². The number of anilines is 1. The minimum absolute atomic E-state index is 0.00114. The first-order valence-electron chi connectivity index (χ1n) is 7.71. The first kappa shape index (κ1) is 17.7. The molecular formula is C16H21N3O5. The summed E-state index contributed by atoms with van der Waals surface area (Å²) in [7, 11) is 1.57. The fourth-order valence-electron chi connectivity index (χ4n) is 2.22. The number of aromatic nitrogens is 1. The highest BCUT2D eigenvalue weighted by molar-refractivity contribution is 6.39. The Labute approximate surface area is 138 Å². The van der Waals surface area contributed by atoms with E-state index >= 15 is 0 Å². The summed E-state index contributed by atoms with van der Waals surface area (Å²) >= 11 is 0. The number of aliphatic hydroxyl groups is 1. The minimum atomic E-state index is -1.03. The summed E-state index contributed by atoms with van der Waals surface area (Å²) in [5.74, 6) is -2.21. The van der Waals surface area contributed by atoms with Crippen LogP contribution < -0.4 is 16.4 Å². The summed E-state index contributed by atoms with van der Waals surface area (Å²) in [6.07, 6.45) is 0.935. The molecule has 1 heterocycles. The quantitative estimate of drug-likeness (QED) is 0.697. The number of aryl methyl sites for hydroxylation is 1. The van der Waals surface area contributed by atoms with Gasteiger partial charge in [0.05, 0.1) is 11.1 Å². The van der Waals surface area contributed by atoms with Crippen LogP contribution in [0.3, 0.4) is 0 Å². The van der Waals surface area contributed by atoms with E-state index in [2.05, 4.69) is 10.6 Å². The highest BCUT2D eigenvalue weighted by atomic mass is 16.4. The zero-order chi connectivity index (χ0) is 17.9. The van der Waals surface area contributed by atoms with Crippen molar-refractivity contribution in [2.24, 2.45) is 7.05 Å². The number of amides is 2. The second-order valence-corrected chi connectivity index (χ2v) is 5.68. The molecular weight excluding hydrogens is 314 g/mol. The van der Waals surface area contributed by atoms with E-state index in [9.17, 15) is 19.5 Å². The average Bonchev–Trinajstić information content (AvgIpc) is 2.86. The molecule has 0 unspecified atom stereocenters. The number of rotatable bonds is 5. The third-order valence-electron chi connectivity index (χ3n) is 4.15. The molecule has 0 saturated heterocycles. The first-order valence-corrected chi connectivity index (χ1v) is 7.71. The molecule has 0 saturated carbocycles. The van der Waals surface area contributed by atoms with Crippen molar-refractivity contribution in [1.82, 2.24) is 9.88 Å². The fraction of sp³-hybridized carbons (Fsp3) is 0.438. The predicted octanol–water partition coefficient (Wildman–Crippen LogP) is 0.737. The van der Waals surface area contributed by atoms with Crippen LogP contribution in [0.25, 0.3) is 11.1 Å². The standard InChI is InChI=1S/C16H21N3O5/c1-4-16(23,5-2)9-17-13(20)14(21)18-10-6-7-11-12(8-10)24-15(22)19(11)3/h6-8,23H,4-5,9H2,1-3H3,(H,17,20)(H,18,21). The van der Waals surface area contributed by atoms with Gasteiger partial charge in [-0.2, -0.15) is 0 Å². The molecule has 8 nitrogen and oxygen atoms in total. The maximum Gasteiger partial charge on any atom is 0.419 e. The van der Waals surface area contributed by atoms with E-state index in [1.54, 1.807) is 33.0 Å². The van der Waals surface area contributed by atoms with Gasteiger partial charge in [-0.3, -0.25) is 14.2 Å². The molecule has 0 spiro atoms. The van der Waals surface area contributed by atoms with Gasteiger partial charge in [-0.1, -0.05) is 13.8 Å². The summed E-state index contributed by atoms with van der Waals surface area (Å²) in [5, 5.41) is 15.0. The lowest BCUT2D eigenvalue weighted by Crippen LogP contribution is -2.45. The molecule has 3 N–H and O–H groups in total. The Balaban J connectivity index is 2.04. The SMILES string of the molecule is CCC(O)(CC)CNC(=O)C(=O)Nc1ccc2c(c1)oc(=O)n2C. The monoisotopic (exact) mass is 335 g/mol. The Morgan fingerprint density at radius 3 is 2.54 bits per heavy atom. The molecule has 0 radical (unpaired) electrons. The average molecular weight is 335 g/mol. The Morgan fingerprint density at radius 1 is 1.25 bits per heavy atom. The zero-order valence-corrected chi connectivity index (χ0v) is 13.9. The lowest BCUT2D eigenvalue weighted by Gasteiger charge is -2.25. The zero-order valence-electron chi connectivity index (χ0n) is 13.9. The van der Waals surface area contributed by atoms with Crippen molar-refractivity contribution >= 4 is 28.6 Å². The normalized spacial score (nSPS) is 11.5. The van der Waals surface area contributed by atoms with Crippen molar-refractivity contribution in [3.05, 3.63) is 28.7 Å². The van der Waals surface area contributed by atoms with E-state index in [0.717, 1.165) is 0 Å². The van der Waals surface area contributed by atoms with Gasteiger partial charge in [0.1, 0.15) is 0 Å². The second-order valence-electron chi connectivity index (χ2n) is 5.68. The Hall–Kier alpha value is -2.61. The summed E-state index contributed by atoms with van der Waals surface area (Å²) in [5.41, 5.74) is 0.200. The lowest BCUT2D eigenvalue weighted by molar-refractivity contribution is -0.136. The van der Waals surface area contributed by atoms with Crippen LogP contribution in [0, 0.1) is 0 Å². The highest BCUT2D eigenvalue weighted by Crippen LogP contribution is 2.18. The van der Waals surface area contributed by atoms with E-state index in [-0.39, 0.29) is 6.54 Å². The van der Waals surface area contributed by atoms with Crippen LogP contribution in [0.2, 0.25) is 0 Å². The summed E-state index contributed by atoms with van der Waals surface area (Å²) in [6.45, 7) is 3.61. The van der Waals surface area contributed by atoms with Crippen molar-refractivity contribution in [2.75, 3.05) is 11.9 Å². The van der Waals surface area contributed by atoms with Crippen molar-refractivity contribution in [2.45, 2.75) is 32.3 Å². The molecule has 8 heteroatoms. The lowest BCUT2D eigenvalue weighted by atomic mass is 9.98. The Bertz CT molecular complexity index is 817. The third kappa shape index (κ3) is 3.65. The molecule has 24 heavy (non-hydrogen) atoms. The topological polar surface area (TPSA) is 114 Å².